The molecule has 11 nitrogen and oxygen atoms in total. The Morgan fingerprint density at radius 2 is 1.63 bits per heavy atom. The van der Waals surface area contributed by atoms with Gasteiger partial charge in [0.2, 0.25) is 0 Å². The van der Waals surface area contributed by atoms with E-state index in [4.69, 9.17) is 27.9 Å². The number of phenols is 1. The first-order valence-electron chi connectivity index (χ1n) is 17.7. The first kappa shape index (κ1) is 38.2. The fraction of sp³-hybridized carbons (Fsp3) is 0.275. The van der Waals surface area contributed by atoms with Crippen LogP contribution in [-0.2, 0) is 30.8 Å². The van der Waals surface area contributed by atoms with E-state index in [0.717, 1.165) is 33.2 Å². The fourth-order valence-corrected chi connectivity index (χ4v) is 9.51. The van der Waals surface area contributed by atoms with Crippen LogP contribution in [0.2, 0.25) is 10.0 Å². The summed E-state index contributed by atoms with van der Waals surface area (Å²) in [6.45, 7) is 0. The summed E-state index contributed by atoms with van der Waals surface area (Å²) in [4.78, 5) is 62.6. The molecule has 8 rings (SSSR count). The van der Waals surface area contributed by atoms with E-state index in [1.165, 1.54) is 32.4 Å². The fourth-order valence-electron chi connectivity index (χ4n) is 9.16. The number of alkyl halides is 3. The van der Waals surface area contributed by atoms with Gasteiger partial charge in [0.05, 0.1) is 41.0 Å². The van der Waals surface area contributed by atoms with Crippen LogP contribution in [0.4, 0.5) is 29.1 Å². The number of imide groups is 2. The molecule has 2 aliphatic carbocycles. The Hall–Kier alpha value is -5.67. The van der Waals surface area contributed by atoms with Gasteiger partial charge >= 0.3 is 6.18 Å². The highest BCUT2D eigenvalue weighted by molar-refractivity contribution is 6.33. The molecule has 6 unspecified atom stereocenters. The van der Waals surface area contributed by atoms with Crippen LogP contribution in [0.3, 0.4) is 0 Å². The maximum Gasteiger partial charge on any atom is 0.433 e. The van der Waals surface area contributed by atoms with Gasteiger partial charge in [-0.05, 0) is 85.0 Å². The van der Waals surface area contributed by atoms with Crippen molar-refractivity contribution in [3.05, 3.63) is 123 Å². The van der Waals surface area contributed by atoms with Crippen LogP contribution in [0, 0.1) is 29.5 Å². The predicted octanol–water partition coefficient (Wildman–Crippen LogP) is 7.30. The van der Waals surface area contributed by atoms with E-state index in [2.05, 4.69) is 10.4 Å². The van der Waals surface area contributed by atoms with Crippen molar-refractivity contribution in [3.63, 3.8) is 0 Å². The summed E-state index contributed by atoms with van der Waals surface area (Å²) in [6, 6.07) is 17.5. The number of pyridine rings is 1. The van der Waals surface area contributed by atoms with E-state index in [9.17, 15) is 37.1 Å². The second-order valence-corrected chi connectivity index (χ2v) is 15.1. The molecular formula is C40H31Cl2F4N5O6. The first-order valence-corrected chi connectivity index (χ1v) is 18.4. The molecule has 3 heterocycles. The summed E-state index contributed by atoms with van der Waals surface area (Å²) in [5.41, 5.74) is 0.923. The maximum absolute atomic E-state index is 15.3. The second kappa shape index (κ2) is 13.8. The third-order valence-corrected chi connectivity index (χ3v) is 12.1. The number of hydrogen-bond acceptors (Lipinski definition) is 9. The molecule has 2 N–H and O–H groups in total. The van der Waals surface area contributed by atoms with Gasteiger partial charge in [-0.1, -0.05) is 53.1 Å². The van der Waals surface area contributed by atoms with E-state index in [1.54, 1.807) is 42.5 Å². The second-order valence-electron chi connectivity index (χ2n) is 14.3. The molecule has 1 saturated carbocycles. The normalized spacial score (nSPS) is 25.5. The molecule has 1 aromatic heterocycles. The quantitative estimate of drug-likeness (QED) is 0.112. The average molecular weight is 825 g/mol. The smallest absolute Gasteiger partial charge is 0.433 e. The number of methoxy groups -OCH3 is 1. The monoisotopic (exact) mass is 823 g/mol. The van der Waals surface area contributed by atoms with Gasteiger partial charge in [0.15, 0.2) is 5.82 Å². The molecule has 2 saturated heterocycles. The van der Waals surface area contributed by atoms with Crippen LogP contribution in [0.1, 0.15) is 35.6 Å². The van der Waals surface area contributed by atoms with Gasteiger partial charge in [0.25, 0.3) is 23.6 Å². The van der Waals surface area contributed by atoms with Crippen LogP contribution >= 0.6 is 23.2 Å². The molecule has 3 aromatic carbocycles. The van der Waals surface area contributed by atoms with Crippen LogP contribution < -0.4 is 15.2 Å². The highest BCUT2D eigenvalue weighted by atomic mass is 35.5. The van der Waals surface area contributed by atoms with Crippen molar-refractivity contribution in [1.82, 2.24) is 15.0 Å². The molecule has 4 aliphatic rings. The molecule has 0 bridgehead atoms. The summed E-state index contributed by atoms with van der Waals surface area (Å²) >= 11 is 12.6. The molecule has 294 valence electrons. The topological polar surface area (TPSA) is 132 Å². The van der Waals surface area contributed by atoms with E-state index in [1.807, 2.05) is 0 Å². The summed E-state index contributed by atoms with van der Waals surface area (Å²) in [5.74, 6) is -9.60. The summed E-state index contributed by atoms with van der Waals surface area (Å²) < 4.78 is 60.8. The number of hydrazine groups is 2. The van der Waals surface area contributed by atoms with Crippen molar-refractivity contribution in [1.29, 1.82) is 0 Å². The number of allylic oxidation sites excluding steroid dienone is 2. The number of nitrogens with one attached hydrogen (secondary N) is 1. The molecule has 0 spiro atoms. The number of hydrogen-bond donors (Lipinski definition) is 2. The number of ether oxygens (including phenoxy) is 1. The molecule has 0 radical (unpaired) electrons. The lowest BCUT2D eigenvalue weighted by Crippen LogP contribution is -2.53. The van der Waals surface area contributed by atoms with Gasteiger partial charge in [-0.2, -0.15) is 23.2 Å². The zero-order chi connectivity index (χ0) is 40.7. The third-order valence-electron chi connectivity index (χ3n) is 11.5. The number of nitrogens with zero attached hydrogens (tertiary/aromatic N) is 4. The average Bonchev–Trinajstić information content (AvgIpc) is 3.56. The molecule has 4 aromatic rings. The maximum atomic E-state index is 15.3. The van der Waals surface area contributed by atoms with Crippen LogP contribution in [0.25, 0.3) is 0 Å². The minimum Gasteiger partial charge on any atom is -0.508 e. The minimum absolute atomic E-state index is 0.0391. The van der Waals surface area contributed by atoms with Gasteiger partial charge in [0, 0.05) is 23.6 Å². The molecule has 2 aliphatic heterocycles. The van der Waals surface area contributed by atoms with Crippen molar-refractivity contribution >= 4 is 58.3 Å². The third kappa shape index (κ3) is 5.80. The van der Waals surface area contributed by atoms with E-state index in [-0.39, 0.29) is 40.6 Å². The molecule has 57 heavy (non-hydrogen) atoms. The van der Waals surface area contributed by atoms with Crippen molar-refractivity contribution in [2.75, 3.05) is 24.6 Å². The first-order chi connectivity index (χ1) is 27.1. The van der Waals surface area contributed by atoms with Crippen LogP contribution in [0.5, 0.6) is 11.5 Å². The number of anilines is 2. The van der Waals surface area contributed by atoms with E-state index >= 15 is 4.79 Å². The number of benzene rings is 3. The lowest BCUT2D eigenvalue weighted by molar-refractivity contribution is -0.142. The molecular weight excluding hydrogens is 793 g/mol. The molecule has 17 heteroatoms. The van der Waals surface area contributed by atoms with Crippen molar-refractivity contribution in [2.24, 2.45) is 23.7 Å². The van der Waals surface area contributed by atoms with Gasteiger partial charge in [-0.3, -0.25) is 29.6 Å². The zero-order valence-electron chi connectivity index (χ0n) is 29.9. The number of rotatable bonds is 7. The number of aromatic nitrogens is 1. The SMILES string of the molecule is COc1cccc(O)c1C1C2=CCC3C(=O)N(N(C)c4nc(C(F)(F)F)ccc4Cl)C(=O)C3C2CC2C(=O)N(Nc3ccc(F)cc3)C(=O)C21c1ccc(Cl)cc1. The van der Waals surface area contributed by atoms with Crippen LogP contribution in [-0.4, -0.2) is 57.9 Å². The Bertz CT molecular complexity index is 2380. The lowest BCUT2D eigenvalue weighted by Gasteiger charge is -2.50. The summed E-state index contributed by atoms with van der Waals surface area (Å²) in [5, 5.41) is 14.2. The van der Waals surface area contributed by atoms with Gasteiger partial charge in [0.1, 0.15) is 23.0 Å². The number of phenolic OH excluding ortho intramolecular Hbond substituents is 1. The highest BCUT2D eigenvalue weighted by Gasteiger charge is 2.71. The van der Waals surface area contributed by atoms with Gasteiger partial charge < -0.3 is 9.84 Å². The Labute approximate surface area is 332 Å². The predicted molar refractivity (Wildman–Crippen MR) is 198 cm³/mol. The molecule has 6 atom stereocenters. The van der Waals surface area contributed by atoms with Crippen molar-refractivity contribution in [2.45, 2.75) is 30.4 Å². The zero-order valence-corrected chi connectivity index (χ0v) is 31.4. The Kier molecular flexibility index (Phi) is 9.23. The molecule has 4 amide bonds. The minimum atomic E-state index is -4.85. The number of fused-ring (bicyclic) bond motifs is 4. The summed E-state index contributed by atoms with van der Waals surface area (Å²) in [7, 11) is 2.58. The Morgan fingerprint density at radius 1 is 0.930 bits per heavy atom. The largest absolute Gasteiger partial charge is 0.508 e. The van der Waals surface area contributed by atoms with Crippen molar-refractivity contribution in [3.8, 4) is 11.5 Å². The Morgan fingerprint density at radius 3 is 2.30 bits per heavy atom. The number of halogens is 6. The van der Waals surface area contributed by atoms with Crippen molar-refractivity contribution < 1.29 is 46.6 Å². The van der Waals surface area contributed by atoms with Crippen LogP contribution in [0.15, 0.2) is 90.5 Å². The highest BCUT2D eigenvalue weighted by Crippen LogP contribution is 2.66. The Balaban J connectivity index is 1.30. The van der Waals surface area contributed by atoms with E-state index < -0.39 is 82.1 Å². The van der Waals surface area contributed by atoms with Gasteiger partial charge in [-0.15, -0.1) is 0 Å². The summed E-state index contributed by atoms with van der Waals surface area (Å²) in [6.07, 6.45) is -3.31. The van der Waals surface area contributed by atoms with Gasteiger partial charge in [-0.25, -0.2) is 9.37 Å². The molecule has 3 fully saturated rings. The number of carbonyl (C=O) groups excluding carboxylic acids is 4. The number of amides is 4. The van der Waals surface area contributed by atoms with E-state index in [0.29, 0.717) is 22.2 Å². The standard InChI is InChI=1S/C40H31Cl2F4N5O6/c1-49(34-27(42)16-17-30(47-34)40(44,45)46)51-35(53)24-15-14-23-25(31(24)37(51)55)18-26-36(54)50(48-22-12-10-21(43)11-13-22)38(56)39(26,19-6-8-20(41)9-7-19)33(23)32-28(52)4-3-5-29(32)57-2/h3-14,16-17,24-26,31,33,48,52H,15,18H2,1-2H3. The number of carbonyl (C=O) groups is 4. The number of aromatic hydroxyl groups is 1. The lowest BCUT2D eigenvalue weighted by atomic mass is 9.49.